The molecular formula is C21H24O6. The van der Waals surface area contributed by atoms with Crippen LogP contribution >= 0.6 is 0 Å². The van der Waals surface area contributed by atoms with Crippen molar-refractivity contribution in [1.29, 1.82) is 0 Å². The fourth-order valence-electron chi connectivity index (χ4n) is 2.82. The molecule has 0 aliphatic rings. The van der Waals surface area contributed by atoms with Gasteiger partial charge in [0.2, 0.25) is 0 Å². The molecule has 1 N–H and O–H groups in total. The number of hydrogen-bond acceptors (Lipinski definition) is 5. The lowest BCUT2D eigenvalue weighted by atomic mass is 9.90. The van der Waals surface area contributed by atoms with Gasteiger partial charge in [-0.1, -0.05) is 43.0 Å². The van der Waals surface area contributed by atoms with E-state index in [1.54, 1.807) is 12.1 Å². The summed E-state index contributed by atoms with van der Waals surface area (Å²) in [6.07, 6.45) is 1.93. The zero-order valence-electron chi connectivity index (χ0n) is 15.6. The van der Waals surface area contributed by atoms with Crippen molar-refractivity contribution in [1.82, 2.24) is 0 Å². The molecule has 0 aliphatic heterocycles. The highest BCUT2D eigenvalue weighted by Crippen LogP contribution is 2.42. The van der Waals surface area contributed by atoms with Crippen LogP contribution in [0.5, 0.6) is 11.5 Å². The van der Waals surface area contributed by atoms with Crippen molar-refractivity contribution < 1.29 is 28.8 Å². The second kappa shape index (κ2) is 10.4. The van der Waals surface area contributed by atoms with Crippen LogP contribution in [0.4, 0.5) is 0 Å². The van der Waals surface area contributed by atoms with E-state index in [1.807, 2.05) is 30.3 Å². The summed E-state index contributed by atoms with van der Waals surface area (Å²) in [5, 5.41) is 9.19. The Bertz CT molecular complexity index is 770. The van der Waals surface area contributed by atoms with E-state index in [1.165, 1.54) is 14.2 Å². The Balaban J connectivity index is 2.70. The summed E-state index contributed by atoms with van der Waals surface area (Å²) in [6, 6.07) is 11.4. The van der Waals surface area contributed by atoms with Gasteiger partial charge in [-0.15, -0.1) is 0 Å². The van der Waals surface area contributed by atoms with E-state index in [0.717, 1.165) is 22.3 Å². The molecule has 0 saturated carbocycles. The Kier molecular flexibility index (Phi) is 7.85. The highest BCUT2D eigenvalue weighted by atomic mass is 16.7. The molecule has 2 rings (SSSR count). The maximum Gasteiger partial charge on any atom is 0.303 e. The standard InChI is InChI=1S/C21H24O6/c1-4-16-17(10-11-20(22)23)21(15-8-6-5-7-9-15)19(27-14-25-3)12-18(16)26-13-24-2/h4-9,12H,1,10-11,13-14H2,2-3H3,(H,22,23). The molecule has 27 heavy (non-hydrogen) atoms. The van der Waals surface area contributed by atoms with E-state index < -0.39 is 5.97 Å². The summed E-state index contributed by atoms with van der Waals surface area (Å²) >= 11 is 0. The van der Waals surface area contributed by atoms with E-state index in [4.69, 9.17) is 18.9 Å². The Hall–Kier alpha value is -2.83. The molecule has 0 aromatic heterocycles. The lowest BCUT2D eigenvalue weighted by Crippen LogP contribution is -2.08. The van der Waals surface area contributed by atoms with Gasteiger partial charge in [0.15, 0.2) is 13.6 Å². The van der Waals surface area contributed by atoms with Crippen LogP contribution in [0.15, 0.2) is 43.0 Å². The van der Waals surface area contributed by atoms with Crippen LogP contribution in [0.2, 0.25) is 0 Å². The second-order valence-corrected chi connectivity index (χ2v) is 5.71. The fourth-order valence-corrected chi connectivity index (χ4v) is 2.82. The van der Waals surface area contributed by atoms with Gasteiger partial charge < -0.3 is 24.1 Å². The van der Waals surface area contributed by atoms with Crippen LogP contribution in [0.1, 0.15) is 17.5 Å². The molecular weight excluding hydrogens is 348 g/mol. The van der Waals surface area contributed by atoms with Crippen LogP contribution in [0.3, 0.4) is 0 Å². The van der Waals surface area contributed by atoms with E-state index in [9.17, 15) is 9.90 Å². The molecule has 0 atom stereocenters. The van der Waals surface area contributed by atoms with Gasteiger partial charge in [0.25, 0.3) is 0 Å². The Labute approximate surface area is 158 Å². The largest absolute Gasteiger partial charge is 0.481 e. The summed E-state index contributed by atoms with van der Waals surface area (Å²) in [6.45, 7) is 3.98. The summed E-state index contributed by atoms with van der Waals surface area (Å²) < 4.78 is 21.5. The van der Waals surface area contributed by atoms with Gasteiger partial charge in [-0.3, -0.25) is 4.79 Å². The average Bonchev–Trinajstić information content (AvgIpc) is 2.69. The van der Waals surface area contributed by atoms with Crippen LogP contribution < -0.4 is 9.47 Å². The summed E-state index contributed by atoms with van der Waals surface area (Å²) in [5.74, 6) is 0.171. The first-order chi connectivity index (χ1) is 13.1. The molecule has 0 bridgehead atoms. The highest BCUT2D eigenvalue weighted by Gasteiger charge is 2.20. The van der Waals surface area contributed by atoms with Gasteiger partial charge >= 0.3 is 5.97 Å². The van der Waals surface area contributed by atoms with Crippen molar-refractivity contribution in [3.63, 3.8) is 0 Å². The van der Waals surface area contributed by atoms with Gasteiger partial charge in [0, 0.05) is 37.8 Å². The van der Waals surface area contributed by atoms with Crippen molar-refractivity contribution in [3.8, 4) is 22.6 Å². The van der Waals surface area contributed by atoms with Gasteiger partial charge in [0.1, 0.15) is 11.5 Å². The fraction of sp³-hybridized carbons (Fsp3) is 0.286. The van der Waals surface area contributed by atoms with Crippen molar-refractivity contribution in [2.45, 2.75) is 12.8 Å². The van der Waals surface area contributed by atoms with Gasteiger partial charge in [-0.05, 0) is 17.5 Å². The third-order valence-corrected chi connectivity index (χ3v) is 3.92. The molecule has 0 spiro atoms. The highest BCUT2D eigenvalue weighted by molar-refractivity contribution is 5.81. The number of rotatable bonds is 11. The number of ether oxygens (including phenoxy) is 4. The van der Waals surface area contributed by atoms with E-state index >= 15 is 0 Å². The third-order valence-electron chi connectivity index (χ3n) is 3.92. The van der Waals surface area contributed by atoms with E-state index in [-0.39, 0.29) is 20.0 Å². The lowest BCUT2D eigenvalue weighted by molar-refractivity contribution is -0.136. The number of carboxylic acids is 1. The Morgan fingerprint density at radius 2 is 1.70 bits per heavy atom. The van der Waals surface area contributed by atoms with Crippen molar-refractivity contribution in [3.05, 3.63) is 54.1 Å². The topological polar surface area (TPSA) is 74.2 Å². The van der Waals surface area contributed by atoms with Crippen molar-refractivity contribution in [2.24, 2.45) is 0 Å². The number of carbonyl (C=O) groups is 1. The molecule has 2 aromatic rings. The van der Waals surface area contributed by atoms with E-state index in [0.29, 0.717) is 17.9 Å². The molecule has 0 radical (unpaired) electrons. The molecule has 0 saturated heterocycles. The predicted molar refractivity (Wildman–Crippen MR) is 103 cm³/mol. The maximum atomic E-state index is 11.2. The molecule has 0 fully saturated rings. The zero-order valence-corrected chi connectivity index (χ0v) is 15.6. The Morgan fingerprint density at radius 3 is 2.26 bits per heavy atom. The first-order valence-electron chi connectivity index (χ1n) is 8.45. The Morgan fingerprint density at radius 1 is 1.07 bits per heavy atom. The zero-order chi connectivity index (χ0) is 19.6. The number of benzene rings is 2. The normalized spacial score (nSPS) is 10.4. The molecule has 0 heterocycles. The van der Waals surface area contributed by atoms with Gasteiger partial charge in [-0.2, -0.15) is 0 Å². The minimum absolute atomic E-state index is 0.0296. The van der Waals surface area contributed by atoms with Crippen LogP contribution in [-0.4, -0.2) is 38.9 Å². The summed E-state index contributed by atoms with van der Waals surface area (Å²) in [7, 11) is 3.06. The quantitative estimate of drug-likeness (QED) is 0.602. The average molecular weight is 372 g/mol. The second-order valence-electron chi connectivity index (χ2n) is 5.71. The summed E-state index contributed by atoms with van der Waals surface area (Å²) in [4.78, 5) is 11.2. The number of hydrogen-bond donors (Lipinski definition) is 1. The SMILES string of the molecule is C=Cc1c(OCOC)cc(OCOC)c(-c2ccccc2)c1CCC(=O)O. The molecule has 6 heteroatoms. The number of carboxylic acid groups (broad SMARTS) is 1. The molecule has 6 nitrogen and oxygen atoms in total. The minimum Gasteiger partial charge on any atom is -0.481 e. The van der Waals surface area contributed by atoms with Crippen LogP contribution in [0, 0.1) is 0 Å². The maximum absolute atomic E-state index is 11.2. The smallest absolute Gasteiger partial charge is 0.303 e. The van der Waals surface area contributed by atoms with E-state index in [2.05, 4.69) is 6.58 Å². The van der Waals surface area contributed by atoms with Crippen LogP contribution in [-0.2, 0) is 20.7 Å². The molecule has 0 unspecified atom stereocenters. The third kappa shape index (κ3) is 5.32. The van der Waals surface area contributed by atoms with Gasteiger partial charge in [0.05, 0.1) is 0 Å². The monoisotopic (exact) mass is 372 g/mol. The summed E-state index contributed by atoms with van der Waals surface area (Å²) in [5.41, 5.74) is 3.22. The number of aliphatic carboxylic acids is 1. The molecule has 0 amide bonds. The minimum atomic E-state index is -0.883. The molecule has 144 valence electrons. The molecule has 2 aromatic carbocycles. The lowest BCUT2D eigenvalue weighted by Gasteiger charge is -2.21. The number of methoxy groups -OCH3 is 2. The van der Waals surface area contributed by atoms with Gasteiger partial charge in [-0.25, -0.2) is 0 Å². The van der Waals surface area contributed by atoms with Crippen LogP contribution in [0.25, 0.3) is 17.2 Å². The molecule has 0 aliphatic carbocycles. The van der Waals surface area contributed by atoms with Crippen molar-refractivity contribution in [2.75, 3.05) is 27.8 Å². The van der Waals surface area contributed by atoms with Crippen molar-refractivity contribution >= 4 is 12.0 Å². The predicted octanol–water partition coefficient (Wildman–Crippen LogP) is 3.98. The first-order valence-corrected chi connectivity index (χ1v) is 8.45. The first kappa shape index (κ1) is 20.5.